The summed E-state index contributed by atoms with van der Waals surface area (Å²) in [5.41, 5.74) is -9.67. The summed E-state index contributed by atoms with van der Waals surface area (Å²) in [6, 6.07) is 0. The molecule has 0 spiro atoms. The average Bonchev–Trinajstić information content (AvgIpc) is 2.42. The third kappa shape index (κ3) is 3.15. The van der Waals surface area contributed by atoms with Crippen LogP contribution in [0.25, 0.3) is 0 Å². The van der Waals surface area contributed by atoms with Gasteiger partial charge in [-0.15, -0.1) is 0 Å². The van der Waals surface area contributed by atoms with Gasteiger partial charge in [-0.1, -0.05) is 0 Å². The lowest BCUT2D eigenvalue weighted by Gasteiger charge is -2.08. The summed E-state index contributed by atoms with van der Waals surface area (Å²) in [6.45, 7) is 0. The number of nitro benzene ring substituents is 3. The van der Waals surface area contributed by atoms with Crippen molar-refractivity contribution in [3.8, 4) is 0 Å². The fraction of sp³-hybridized carbons (Fsp3) is 0. The van der Waals surface area contributed by atoms with Crippen LogP contribution in [0.5, 0.6) is 0 Å². The van der Waals surface area contributed by atoms with Crippen LogP contribution < -0.4 is 0 Å². The van der Waals surface area contributed by atoms with Gasteiger partial charge in [-0.05, 0) is 34.8 Å². The molecule has 0 saturated heterocycles. The zero-order chi connectivity index (χ0) is 18.9. The van der Waals surface area contributed by atoms with Gasteiger partial charge in [0, 0.05) is 0 Å². The Morgan fingerprint density at radius 1 is 0.583 bits per heavy atom. The maximum Gasteiger partial charge on any atom is 0.307 e. The average molecular weight is 400 g/mol. The molecule has 24 heavy (non-hydrogen) atoms. The smallest absolute Gasteiger partial charge is 0.275 e. The predicted molar refractivity (Wildman–Crippen MR) is 77.0 cm³/mol. The topological polar surface area (TPSA) is 181 Å². The highest BCUT2D eigenvalue weighted by atomic mass is 35.5. The molecule has 0 radical (unpaired) electrons. The maximum absolute atomic E-state index is 11.4. The van der Waals surface area contributed by atoms with Crippen LogP contribution in [0.1, 0.15) is 31.1 Å². The molecule has 0 N–H and O–H groups in total. The summed E-state index contributed by atoms with van der Waals surface area (Å²) in [7, 11) is 0. The number of rotatable bonds is 6. The number of benzene rings is 1. The summed E-state index contributed by atoms with van der Waals surface area (Å²) in [6.07, 6.45) is 0. The van der Waals surface area contributed by atoms with E-state index in [0.29, 0.717) is 0 Å². The van der Waals surface area contributed by atoms with Gasteiger partial charge in [0.2, 0.25) is 0 Å². The van der Waals surface area contributed by atoms with Gasteiger partial charge >= 0.3 is 17.1 Å². The molecule has 15 heteroatoms. The Hall–Kier alpha value is -2.70. The lowest BCUT2D eigenvalue weighted by molar-refractivity contribution is -0.403. The molecule has 0 aliphatic carbocycles. The van der Waals surface area contributed by atoms with E-state index in [-0.39, 0.29) is 0 Å². The van der Waals surface area contributed by atoms with Gasteiger partial charge in [-0.25, -0.2) is 0 Å². The third-order valence-corrected chi connectivity index (χ3v) is 3.13. The summed E-state index contributed by atoms with van der Waals surface area (Å²) < 4.78 is 0. The Kier molecular flexibility index (Phi) is 5.50. The number of nitrogens with zero attached hydrogens (tertiary/aromatic N) is 3. The summed E-state index contributed by atoms with van der Waals surface area (Å²) in [5.74, 6) is 0. The van der Waals surface area contributed by atoms with Gasteiger partial charge in [0.05, 0.1) is 14.8 Å². The number of nitro groups is 3. The number of hydrogen-bond acceptors (Lipinski definition) is 9. The molecule has 0 fully saturated rings. The Labute approximate surface area is 144 Å². The molecule has 12 nitrogen and oxygen atoms in total. The monoisotopic (exact) mass is 399 g/mol. The fourth-order valence-corrected chi connectivity index (χ4v) is 2.35. The van der Waals surface area contributed by atoms with Gasteiger partial charge in [0.25, 0.3) is 15.7 Å². The molecule has 1 aromatic carbocycles. The molecule has 1 rings (SSSR count). The lowest BCUT2D eigenvalue weighted by atomic mass is 9.98. The molecule has 0 unspecified atom stereocenters. The second kappa shape index (κ2) is 6.82. The first-order chi connectivity index (χ1) is 10.9. The molecule has 0 saturated carbocycles. The first-order valence-electron chi connectivity index (χ1n) is 5.20. The second-order valence-corrected chi connectivity index (χ2v) is 4.79. The first-order valence-corrected chi connectivity index (χ1v) is 6.33. The van der Waals surface area contributed by atoms with Crippen molar-refractivity contribution in [3.05, 3.63) is 47.0 Å². The standard InChI is InChI=1S/C9Cl3N3O9/c10-7(16)1-4(13(19)20)2(8(11)17)6(15(23)24)3(9(12)18)5(1)14(21)22. The largest absolute Gasteiger partial charge is 0.307 e. The van der Waals surface area contributed by atoms with E-state index in [0.717, 1.165) is 0 Å². The van der Waals surface area contributed by atoms with Crippen molar-refractivity contribution in [2.75, 3.05) is 0 Å². The summed E-state index contributed by atoms with van der Waals surface area (Å²) in [5, 5.41) is 27.8. The molecule has 0 heterocycles. The minimum atomic E-state index is -1.83. The fourth-order valence-electron chi connectivity index (χ4n) is 1.82. The van der Waals surface area contributed by atoms with Crippen molar-refractivity contribution >= 4 is 67.6 Å². The van der Waals surface area contributed by atoms with E-state index in [4.69, 9.17) is 34.8 Å². The van der Waals surface area contributed by atoms with E-state index in [1.165, 1.54) is 0 Å². The van der Waals surface area contributed by atoms with E-state index in [9.17, 15) is 44.7 Å². The van der Waals surface area contributed by atoms with Crippen molar-refractivity contribution in [1.29, 1.82) is 0 Å². The van der Waals surface area contributed by atoms with E-state index in [1.54, 1.807) is 0 Å². The Morgan fingerprint density at radius 2 is 0.750 bits per heavy atom. The predicted octanol–water partition coefficient (Wildman–Crippen LogP) is 2.55. The lowest BCUT2D eigenvalue weighted by Crippen LogP contribution is -2.16. The summed E-state index contributed by atoms with van der Waals surface area (Å²) >= 11 is 15.2. The zero-order valence-electron chi connectivity index (χ0n) is 10.6. The van der Waals surface area contributed by atoms with Crippen LogP contribution in [0.2, 0.25) is 0 Å². The second-order valence-electron chi connectivity index (χ2n) is 3.76. The Bertz CT molecular complexity index is 652. The van der Waals surface area contributed by atoms with Gasteiger partial charge in [0.1, 0.15) is 0 Å². The van der Waals surface area contributed by atoms with Gasteiger partial charge in [-0.3, -0.25) is 44.7 Å². The van der Waals surface area contributed by atoms with Gasteiger partial charge in [-0.2, -0.15) is 0 Å². The molecule has 0 atom stereocenters. The van der Waals surface area contributed by atoms with Crippen molar-refractivity contribution in [2.24, 2.45) is 0 Å². The van der Waals surface area contributed by atoms with Crippen LogP contribution in [0.15, 0.2) is 0 Å². The van der Waals surface area contributed by atoms with E-state index < -0.39 is 64.2 Å². The highest BCUT2D eigenvalue weighted by Crippen LogP contribution is 2.44. The summed E-state index contributed by atoms with van der Waals surface area (Å²) in [4.78, 5) is 63.0. The van der Waals surface area contributed by atoms with Crippen LogP contribution in [-0.4, -0.2) is 30.5 Å². The number of carbonyl (C=O) groups is 3. The Morgan fingerprint density at radius 3 is 0.833 bits per heavy atom. The SMILES string of the molecule is O=C(Cl)c1c([N+](=O)[O-])c(C(=O)Cl)c([N+](=O)[O-])c(C(=O)Cl)c1[N+](=O)[O-]. The minimum absolute atomic E-state index is 1.51. The van der Waals surface area contributed by atoms with E-state index in [1.807, 2.05) is 0 Å². The van der Waals surface area contributed by atoms with E-state index in [2.05, 4.69) is 0 Å². The molecule has 1 aromatic rings. The zero-order valence-corrected chi connectivity index (χ0v) is 12.9. The van der Waals surface area contributed by atoms with Gasteiger partial charge < -0.3 is 0 Å². The molecule has 126 valence electrons. The van der Waals surface area contributed by atoms with Gasteiger partial charge in [0.15, 0.2) is 16.7 Å². The van der Waals surface area contributed by atoms with Crippen molar-refractivity contribution < 1.29 is 29.2 Å². The normalized spacial score (nSPS) is 10.1. The number of hydrogen-bond donors (Lipinski definition) is 0. The quantitative estimate of drug-likeness (QED) is 0.393. The molecule has 0 aliphatic heterocycles. The van der Waals surface area contributed by atoms with E-state index >= 15 is 0 Å². The first kappa shape index (κ1) is 19.3. The van der Waals surface area contributed by atoms with Crippen LogP contribution in [-0.2, 0) is 0 Å². The third-order valence-electron chi connectivity index (χ3n) is 2.56. The van der Waals surface area contributed by atoms with Crippen LogP contribution in [0, 0.1) is 30.3 Å². The van der Waals surface area contributed by atoms with Crippen LogP contribution >= 0.6 is 34.8 Å². The number of carbonyl (C=O) groups excluding carboxylic acids is 3. The maximum atomic E-state index is 11.4. The van der Waals surface area contributed by atoms with Crippen molar-refractivity contribution in [1.82, 2.24) is 0 Å². The Balaban J connectivity index is 4.50. The highest BCUT2D eigenvalue weighted by molar-refractivity contribution is 6.72. The van der Waals surface area contributed by atoms with Crippen molar-refractivity contribution in [2.45, 2.75) is 0 Å². The molecular formula is C9Cl3N3O9. The van der Waals surface area contributed by atoms with Crippen molar-refractivity contribution in [3.63, 3.8) is 0 Å². The minimum Gasteiger partial charge on any atom is -0.275 e. The molecule has 0 bridgehead atoms. The molecular weight excluding hydrogens is 400 g/mol. The molecule has 0 amide bonds. The van der Waals surface area contributed by atoms with Crippen LogP contribution in [0.4, 0.5) is 17.1 Å². The molecule has 0 aliphatic rings. The molecule has 0 aromatic heterocycles. The highest BCUT2D eigenvalue weighted by Gasteiger charge is 2.48. The number of halogens is 3. The van der Waals surface area contributed by atoms with Crippen LogP contribution in [0.3, 0.4) is 0 Å².